The van der Waals surface area contributed by atoms with Crippen LogP contribution in [0.3, 0.4) is 0 Å². The Kier molecular flexibility index (Phi) is 4.02. The summed E-state index contributed by atoms with van der Waals surface area (Å²) in [4.78, 5) is 20.3. The van der Waals surface area contributed by atoms with Crippen molar-refractivity contribution in [3.8, 4) is 0 Å². The normalized spacial score (nSPS) is 12.6. The zero-order valence-electron chi connectivity index (χ0n) is 6.23. The second kappa shape index (κ2) is 4.52. The van der Waals surface area contributed by atoms with Gasteiger partial charge in [0.1, 0.15) is 5.92 Å². The van der Waals surface area contributed by atoms with Crippen LogP contribution >= 0.6 is 0 Å². The molecule has 7 heteroatoms. The number of hydrogen-bond acceptors (Lipinski definition) is 4. The molecule has 1 atom stereocenters. The van der Waals surface area contributed by atoms with Crippen LogP contribution in [0.2, 0.25) is 0 Å². The number of amides is 1. The molecule has 0 heterocycles. The van der Waals surface area contributed by atoms with Crippen LogP contribution in [0.5, 0.6) is 0 Å². The number of carboxylic acids is 1. The van der Waals surface area contributed by atoms with Crippen molar-refractivity contribution < 1.29 is 19.8 Å². The summed E-state index contributed by atoms with van der Waals surface area (Å²) < 4.78 is 0. The van der Waals surface area contributed by atoms with Gasteiger partial charge in [-0.2, -0.15) is 0 Å². The molecular weight excluding hydrogens is 166 g/mol. The number of nitrogens with one attached hydrogen (secondary N) is 1. The van der Waals surface area contributed by atoms with Gasteiger partial charge in [-0.1, -0.05) is 0 Å². The van der Waals surface area contributed by atoms with Gasteiger partial charge in [0.15, 0.2) is 0 Å². The van der Waals surface area contributed by atoms with Crippen LogP contribution in [0, 0.1) is 5.92 Å². The lowest BCUT2D eigenvalue weighted by molar-refractivity contribution is -0.142. The standard InChI is InChI=1S/C5H11N3O4/c6-3(7)2(4(9)10)1-8-5(11)12/h2-3,8H,1,6-7H2,(H,9,10)(H,11,12). The molecule has 1 amide bonds. The topological polar surface area (TPSA) is 139 Å². The van der Waals surface area contributed by atoms with Gasteiger partial charge in [-0.15, -0.1) is 0 Å². The van der Waals surface area contributed by atoms with Gasteiger partial charge in [0.25, 0.3) is 0 Å². The van der Waals surface area contributed by atoms with Crippen molar-refractivity contribution in [2.24, 2.45) is 17.4 Å². The maximum Gasteiger partial charge on any atom is 0.404 e. The number of nitrogens with two attached hydrogens (primary N) is 2. The molecule has 70 valence electrons. The van der Waals surface area contributed by atoms with E-state index >= 15 is 0 Å². The van der Waals surface area contributed by atoms with Crippen LogP contribution in [0.15, 0.2) is 0 Å². The molecule has 0 aromatic rings. The van der Waals surface area contributed by atoms with E-state index in [1.165, 1.54) is 0 Å². The summed E-state index contributed by atoms with van der Waals surface area (Å²) in [5, 5.41) is 18.5. The van der Waals surface area contributed by atoms with E-state index in [0.717, 1.165) is 0 Å². The molecule has 0 radical (unpaired) electrons. The van der Waals surface area contributed by atoms with Crippen LogP contribution < -0.4 is 16.8 Å². The van der Waals surface area contributed by atoms with E-state index in [1.807, 2.05) is 5.32 Å². The molecule has 0 aliphatic carbocycles. The van der Waals surface area contributed by atoms with E-state index in [-0.39, 0.29) is 6.54 Å². The highest BCUT2D eigenvalue weighted by molar-refractivity contribution is 5.72. The summed E-state index contributed by atoms with van der Waals surface area (Å²) in [7, 11) is 0. The molecule has 0 saturated carbocycles. The highest BCUT2D eigenvalue weighted by Gasteiger charge is 2.22. The van der Waals surface area contributed by atoms with Gasteiger partial charge in [-0.25, -0.2) is 4.79 Å². The lowest BCUT2D eigenvalue weighted by Crippen LogP contribution is -2.48. The summed E-state index contributed by atoms with van der Waals surface area (Å²) in [5.74, 6) is -2.32. The van der Waals surface area contributed by atoms with E-state index in [2.05, 4.69) is 0 Å². The lowest BCUT2D eigenvalue weighted by Gasteiger charge is -2.14. The molecule has 0 rings (SSSR count). The zero-order valence-corrected chi connectivity index (χ0v) is 6.23. The average Bonchev–Trinajstić information content (AvgIpc) is 1.84. The van der Waals surface area contributed by atoms with Gasteiger partial charge >= 0.3 is 12.1 Å². The van der Waals surface area contributed by atoms with E-state index < -0.39 is 24.1 Å². The average molecular weight is 177 g/mol. The molecule has 0 saturated heterocycles. The van der Waals surface area contributed by atoms with Gasteiger partial charge in [0.05, 0.1) is 6.17 Å². The molecule has 0 aliphatic rings. The molecule has 0 aromatic heterocycles. The Balaban J connectivity index is 3.97. The van der Waals surface area contributed by atoms with Crippen molar-refractivity contribution in [2.75, 3.05) is 6.54 Å². The molecule has 0 spiro atoms. The molecule has 0 aromatic carbocycles. The smallest absolute Gasteiger partial charge is 0.404 e. The summed E-state index contributed by atoms with van der Waals surface area (Å²) >= 11 is 0. The Hall–Kier alpha value is -1.34. The van der Waals surface area contributed by atoms with Crippen molar-refractivity contribution in [3.05, 3.63) is 0 Å². The number of carboxylic acid groups (broad SMARTS) is 2. The Bertz CT molecular complexity index is 182. The molecule has 0 aliphatic heterocycles. The first-order valence-electron chi connectivity index (χ1n) is 3.16. The van der Waals surface area contributed by atoms with E-state index in [0.29, 0.717) is 0 Å². The molecular formula is C5H11N3O4. The van der Waals surface area contributed by atoms with E-state index in [4.69, 9.17) is 21.7 Å². The zero-order chi connectivity index (χ0) is 9.72. The van der Waals surface area contributed by atoms with Crippen LogP contribution in [-0.4, -0.2) is 35.0 Å². The summed E-state index contributed by atoms with van der Waals surface area (Å²) in [6.07, 6.45) is -2.38. The second-order valence-corrected chi connectivity index (χ2v) is 2.21. The Morgan fingerprint density at radius 1 is 1.33 bits per heavy atom. The lowest BCUT2D eigenvalue weighted by atomic mass is 10.1. The first kappa shape index (κ1) is 10.7. The summed E-state index contributed by atoms with van der Waals surface area (Å²) in [6.45, 7) is -0.289. The fourth-order valence-corrected chi connectivity index (χ4v) is 0.585. The van der Waals surface area contributed by atoms with Crippen LogP contribution in [0.4, 0.5) is 4.79 Å². The maximum absolute atomic E-state index is 10.4. The van der Waals surface area contributed by atoms with E-state index in [1.54, 1.807) is 0 Å². The van der Waals surface area contributed by atoms with Gasteiger partial charge in [-0.05, 0) is 0 Å². The van der Waals surface area contributed by atoms with E-state index in [9.17, 15) is 9.59 Å². The molecule has 7 nitrogen and oxygen atoms in total. The number of aliphatic carboxylic acids is 1. The van der Waals surface area contributed by atoms with Crippen molar-refractivity contribution >= 4 is 12.1 Å². The summed E-state index contributed by atoms with van der Waals surface area (Å²) in [5.41, 5.74) is 10.2. The third kappa shape index (κ3) is 3.74. The number of carbonyl (C=O) groups is 2. The first-order chi connectivity index (χ1) is 5.45. The largest absolute Gasteiger partial charge is 0.481 e. The van der Waals surface area contributed by atoms with Gasteiger partial charge in [0.2, 0.25) is 0 Å². The minimum Gasteiger partial charge on any atom is -0.481 e. The van der Waals surface area contributed by atoms with Crippen LogP contribution in [-0.2, 0) is 4.79 Å². The molecule has 0 bridgehead atoms. The predicted molar refractivity (Wildman–Crippen MR) is 39.3 cm³/mol. The number of rotatable bonds is 4. The van der Waals surface area contributed by atoms with Crippen molar-refractivity contribution in [2.45, 2.75) is 6.17 Å². The molecule has 12 heavy (non-hydrogen) atoms. The molecule has 1 unspecified atom stereocenters. The van der Waals surface area contributed by atoms with Crippen molar-refractivity contribution in [1.82, 2.24) is 5.32 Å². The summed E-state index contributed by atoms with van der Waals surface area (Å²) in [6, 6.07) is 0. The fraction of sp³-hybridized carbons (Fsp3) is 0.600. The Labute approximate surface area is 68.3 Å². The van der Waals surface area contributed by atoms with Crippen LogP contribution in [0.1, 0.15) is 0 Å². The second-order valence-electron chi connectivity index (χ2n) is 2.21. The SMILES string of the molecule is NC(N)C(CNC(=O)O)C(=O)O. The van der Waals surface area contributed by atoms with Gasteiger partial charge < -0.3 is 27.0 Å². The quantitative estimate of drug-likeness (QED) is 0.321. The molecule has 7 N–H and O–H groups in total. The highest BCUT2D eigenvalue weighted by atomic mass is 16.4. The minimum absolute atomic E-state index is 0.289. The minimum atomic E-state index is -1.30. The Morgan fingerprint density at radius 3 is 2.08 bits per heavy atom. The van der Waals surface area contributed by atoms with Crippen molar-refractivity contribution in [3.63, 3.8) is 0 Å². The maximum atomic E-state index is 10.4. The predicted octanol–water partition coefficient (Wildman–Crippen LogP) is -1.80. The van der Waals surface area contributed by atoms with Gasteiger partial charge in [-0.3, -0.25) is 4.79 Å². The molecule has 0 fully saturated rings. The van der Waals surface area contributed by atoms with Crippen LogP contribution in [0.25, 0.3) is 0 Å². The highest BCUT2D eigenvalue weighted by Crippen LogP contribution is 1.95. The third-order valence-corrected chi connectivity index (χ3v) is 1.26. The first-order valence-corrected chi connectivity index (χ1v) is 3.16. The van der Waals surface area contributed by atoms with Gasteiger partial charge in [0, 0.05) is 6.54 Å². The third-order valence-electron chi connectivity index (χ3n) is 1.26. The number of hydrogen-bond donors (Lipinski definition) is 5. The fourth-order valence-electron chi connectivity index (χ4n) is 0.585. The Morgan fingerprint density at radius 2 is 1.83 bits per heavy atom. The van der Waals surface area contributed by atoms with Crippen molar-refractivity contribution in [1.29, 1.82) is 0 Å². The monoisotopic (exact) mass is 177 g/mol.